The van der Waals surface area contributed by atoms with Crippen LogP contribution in [0.2, 0.25) is 0 Å². The molecule has 0 bridgehead atoms. The Labute approximate surface area is 110 Å². The number of nitrogens with zero attached hydrogens (tertiary/aromatic N) is 3. The highest BCUT2D eigenvalue weighted by molar-refractivity contribution is 7.12. The van der Waals surface area contributed by atoms with E-state index >= 15 is 0 Å². The van der Waals surface area contributed by atoms with Crippen LogP contribution in [0.1, 0.15) is 34.9 Å². The van der Waals surface area contributed by atoms with Crippen molar-refractivity contribution < 1.29 is 4.79 Å². The van der Waals surface area contributed by atoms with Gasteiger partial charge in [-0.15, -0.1) is 11.3 Å². The molecule has 0 aliphatic carbocycles. The zero-order chi connectivity index (χ0) is 13.1. The second-order valence-electron chi connectivity index (χ2n) is 3.95. The topological polar surface area (TPSA) is 59.8 Å². The lowest BCUT2D eigenvalue weighted by atomic mass is 10.2. The fourth-order valence-corrected chi connectivity index (χ4v) is 2.56. The van der Waals surface area contributed by atoms with Gasteiger partial charge in [-0.1, -0.05) is 13.8 Å². The van der Waals surface area contributed by atoms with Gasteiger partial charge in [0.25, 0.3) is 5.91 Å². The van der Waals surface area contributed by atoms with Gasteiger partial charge in [0, 0.05) is 13.2 Å². The first-order valence-electron chi connectivity index (χ1n) is 5.91. The van der Waals surface area contributed by atoms with Crippen LogP contribution in [0.15, 0.2) is 11.7 Å². The number of hydrogen-bond donors (Lipinski definition) is 1. The molecule has 6 heteroatoms. The lowest BCUT2D eigenvalue weighted by molar-refractivity contribution is 0.102. The van der Waals surface area contributed by atoms with Crippen LogP contribution in [0.3, 0.4) is 0 Å². The van der Waals surface area contributed by atoms with Gasteiger partial charge < -0.3 is 5.32 Å². The molecular weight excluding hydrogens is 248 g/mol. The quantitative estimate of drug-likeness (QED) is 0.921. The first-order chi connectivity index (χ1) is 8.65. The first-order valence-corrected chi connectivity index (χ1v) is 6.79. The molecule has 0 atom stereocenters. The third kappa shape index (κ3) is 2.43. The number of amides is 1. The Bertz CT molecular complexity index is 558. The van der Waals surface area contributed by atoms with Crippen molar-refractivity contribution in [3.05, 3.63) is 28.0 Å². The fourth-order valence-electron chi connectivity index (χ4n) is 1.78. The van der Waals surface area contributed by atoms with Crippen molar-refractivity contribution >= 4 is 22.9 Å². The molecule has 0 unspecified atom stereocenters. The van der Waals surface area contributed by atoms with Crippen LogP contribution < -0.4 is 5.32 Å². The molecule has 2 aromatic heterocycles. The van der Waals surface area contributed by atoms with Gasteiger partial charge in [-0.2, -0.15) is 5.10 Å². The maximum Gasteiger partial charge on any atom is 0.267 e. The number of nitrogens with one attached hydrogen (secondary N) is 1. The summed E-state index contributed by atoms with van der Waals surface area (Å²) in [7, 11) is 1.85. The molecule has 0 fully saturated rings. The van der Waals surface area contributed by atoms with E-state index in [1.54, 1.807) is 10.2 Å². The molecule has 0 saturated carbocycles. The summed E-state index contributed by atoms with van der Waals surface area (Å²) in [5, 5.41) is 7.20. The number of aryl methyl sites for hydroxylation is 3. The van der Waals surface area contributed by atoms with Crippen molar-refractivity contribution in [2.75, 3.05) is 5.32 Å². The number of carbonyl (C=O) groups excluding carboxylic acids is 1. The molecule has 0 spiro atoms. The van der Waals surface area contributed by atoms with Gasteiger partial charge in [0.2, 0.25) is 0 Å². The number of aromatic nitrogens is 3. The summed E-state index contributed by atoms with van der Waals surface area (Å²) in [6.07, 6.45) is 3.38. The van der Waals surface area contributed by atoms with E-state index in [0.717, 1.165) is 29.9 Å². The number of thiazole rings is 1. The van der Waals surface area contributed by atoms with E-state index in [1.807, 2.05) is 27.1 Å². The van der Waals surface area contributed by atoms with E-state index in [1.165, 1.54) is 11.3 Å². The third-order valence-corrected chi connectivity index (χ3v) is 3.54. The highest BCUT2D eigenvalue weighted by Gasteiger charge is 2.16. The van der Waals surface area contributed by atoms with Crippen molar-refractivity contribution in [1.29, 1.82) is 0 Å². The second-order valence-corrected chi connectivity index (χ2v) is 4.81. The maximum absolute atomic E-state index is 12.2. The predicted molar refractivity (Wildman–Crippen MR) is 72.0 cm³/mol. The van der Waals surface area contributed by atoms with Gasteiger partial charge >= 0.3 is 0 Å². The molecule has 0 aliphatic rings. The lowest BCUT2D eigenvalue weighted by Crippen LogP contribution is -2.13. The van der Waals surface area contributed by atoms with Crippen molar-refractivity contribution in [1.82, 2.24) is 14.8 Å². The molecule has 0 aromatic carbocycles. The molecule has 18 heavy (non-hydrogen) atoms. The van der Waals surface area contributed by atoms with Crippen LogP contribution >= 0.6 is 11.3 Å². The normalized spacial score (nSPS) is 10.6. The number of carbonyl (C=O) groups is 1. The average molecular weight is 264 g/mol. The Hall–Kier alpha value is -1.69. The molecule has 1 N–H and O–H groups in total. The predicted octanol–water partition coefficient (Wildman–Crippen LogP) is 2.25. The Morgan fingerprint density at radius 1 is 1.39 bits per heavy atom. The summed E-state index contributed by atoms with van der Waals surface area (Å²) in [6, 6.07) is 0. The van der Waals surface area contributed by atoms with Crippen molar-refractivity contribution in [3.63, 3.8) is 0 Å². The molecule has 1 amide bonds. The number of rotatable bonds is 4. The van der Waals surface area contributed by atoms with Crippen LogP contribution in [0.5, 0.6) is 0 Å². The van der Waals surface area contributed by atoms with Crippen LogP contribution in [0.25, 0.3) is 0 Å². The third-order valence-electron chi connectivity index (χ3n) is 2.67. The van der Waals surface area contributed by atoms with E-state index in [2.05, 4.69) is 15.4 Å². The molecule has 5 nitrogen and oxygen atoms in total. The second kappa shape index (κ2) is 5.30. The van der Waals surface area contributed by atoms with Gasteiger partial charge in [0.1, 0.15) is 4.88 Å². The average Bonchev–Trinajstić information content (AvgIpc) is 2.95. The van der Waals surface area contributed by atoms with E-state index in [0.29, 0.717) is 4.88 Å². The summed E-state index contributed by atoms with van der Waals surface area (Å²) in [6.45, 7) is 4.01. The highest BCUT2D eigenvalue weighted by Crippen LogP contribution is 2.19. The Balaban J connectivity index is 2.21. The Morgan fingerprint density at radius 2 is 2.11 bits per heavy atom. The standard InChI is InChI=1S/C12H16N4OS/c1-4-8-10(6-16(3)15-8)14-12(17)11-9(5-2)13-7-18-11/h6-7H,4-5H2,1-3H3,(H,14,17). The molecule has 0 saturated heterocycles. The highest BCUT2D eigenvalue weighted by atomic mass is 32.1. The van der Waals surface area contributed by atoms with Gasteiger partial charge in [-0.25, -0.2) is 4.98 Å². The molecule has 96 valence electrons. The van der Waals surface area contributed by atoms with E-state index < -0.39 is 0 Å². The van der Waals surface area contributed by atoms with Crippen LogP contribution in [-0.4, -0.2) is 20.7 Å². The maximum atomic E-state index is 12.2. The SMILES string of the molecule is CCc1nn(C)cc1NC(=O)c1scnc1CC. The molecule has 0 aliphatic heterocycles. The largest absolute Gasteiger partial charge is 0.318 e. The van der Waals surface area contributed by atoms with Crippen LogP contribution in [0, 0.1) is 0 Å². The van der Waals surface area contributed by atoms with E-state index in [9.17, 15) is 4.79 Å². The minimum atomic E-state index is -0.1000. The summed E-state index contributed by atoms with van der Waals surface area (Å²) >= 11 is 1.37. The Morgan fingerprint density at radius 3 is 2.78 bits per heavy atom. The molecule has 2 rings (SSSR count). The number of anilines is 1. The van der Waals surface area contributed by atoms with Crippen LogP contribution in [-0.2, 0) is 19.9 Å². The minimum absolute atomic E-state index is 0.1000. The van der Waals surface area contributed by atoms with E-state index in [-0.39, 0.29) is 5.91 Å². The summed E-state index contributed by atoms with van der Waals surface area (Å²) < 4.78 is 1.71. The molecule has 0 radical (unpaired) electrons. The molecule has 2 heterocycles. The van der Waals surface area contributed by atoms with Gasteiger partial charge in [0.15, 0.2) is 0 Å². The zero-order valence-corrected chi connectivity index (χ0v) is 11.5. The molecule has 2 aromatic rings. The van der Waals surface area contributed by atoms with Gasteiger partial charge in [0.05, 0.1) is 22.6 Å². The van der Waals surface area contributed by atoms with Crippen LogP contribution in [0.4, 0.5) is 5.69 Å². The Kier molecular flexibility index (Phi) is 3.76. The fraction of sp³-hybridized carbons (Fsp3) is 0.417. The first kappa shape index (κ1) is 12.8. The van der Waals surface area contributed by atoms with Crippen molar-refractivity contribution in [3.8, 4) is 0 Å². The smallest absolute Gasteiger partial charge is 0.267 e. The summed E-state index contributed by atoms with van der Waals surface area (Å²) in [4.78, 5) is 17.0. The zero-order valence-electron chi connectivity index (χ0n) is 10.7. The lowest BCUT2D eigenvalue weighted by Gasteiger charge is -2.03. The summed E-state index contributed by atoms with van der Waals surface area (Å²) in [5.41, 5.74) is 4.23. The minimum Gasteiger partial charge on any atom is -0.318 e. The van der Waals surface area contributed by atoms with Crippen molar-refractivity contribution in [2.24, 2.45) is 7.05 Å². The van der Waals surface area contributed by atoms with Crippen molar-refractivity contribution in [2.45, 2.75) is 26.7 Å². The number of hydrogen-bond acceptors (Lipinski definition) is 4. The monoisotopic (exact) mass is 264 g/mol. The van der Waals surface area contributed by atoms with Gasteiger partial charge in [-0.3, -0.25) is 9.48 Å². The molecular formula is C12H16N4OS. The van der Waals surface area contributed by atoms with E-state index in [4.69, 9.17) is 0 Å². The van der Waals surface area contributed by atoms with Gasteiger partial charge in [-0.05, 0) is 12.8 Å². The summed E-state index contributed by atoms with van der Waals surface area (Å²) in [5.74, 6) is -0.1000.